The van der Waals surface area contributed by atoms with E-state index in [4.69, 9.17) is 0 Å². The van der Waals surface area contributed by atoms with Crippen molar-refractivity contribution in [2.45, 2.75) is 43.9 Å². The van der Waals surface area contributed by atoms with Gasteiger partial charge in [-0.05, 0) is 25.8 Å². The van der Waals surface area contributed by atoms with Crippen LogP contribution >= 0.6 is 0 Å². The van der Waals surface area contributed by atoms with Crippen LogP contribution in [0.25, 0.3) is 5.57 Å². The van der Waals surface area contributed by atoms with Crippen LogP contribution in [0.2, 0.25) is 0 Å². The minimum Gasteiger partial charge on any atom is -0.338 e. The minimum absolute atomic E-state index is 0.0332. The highest BCUT2D eigenvalue weighted by molar-refractivity contribution is 7.89. The summed E-state index contributed by atoms with van der Waals surface area (Å²) in [6.07, 6.45) is -1.52. The summed E-state index contributed by atoms with van der Waals surface area (Å²) >= 11 is 0. The number of aromatic nitrogens is 2. The van der Waals surface area contributed by atoms with E-state index in [1.165, 1.54) is 6.07 Å². The summed E-state index contributed by atoms with van der Waals surface area (Å²) in [6.45, 7) is 0.800. The number of sulfonamides is 1. The minimum atomic E-state index is -4.79. The van der Waals surface area contributed by atoms with Gasteiger partial charge in [-0.15, -0.1) is 0 Å². The molecule has 1 aromatic heterocycles. The van der Waals surface area contributed by atoms with Gasteiger partial charge in [0.25, 0.3) is 11.8 Å². The van der Waals surface area contributed by atoms with Gasteiger partial charge in [0.2, 0.25) is 10.0 Å². The quantitative estimate of drug-likeness (QED) is 0.722. The van der Waals surface area contributed by atoms with Crippen molar-refractivity contribution in [1.82, 2.24) is 19.8 Å². The molecule has 0 saturated heterocycles. The molecule has 0 spiro atoms. The Hall–Kier alpha value is -2.37. The number of hydrogen-bond donors (Lipinski definition) is 2. The summed E-state index contributed by atoms with van der Waals surface area (Å²) in [4.78, 5) is 24.7. The molecule has 1 aliphatic heterocycles. The van der Waals surface area contributed by atoms with Crippen LogP contribution in [0.15, 0.2) is 17.8 Å². The summed E-state index contributed by atoms with van der Waals surface area (Å²) in [6, 6.07) is 1.55. The number of amides is 2. The first-order valence-electron chi connectivity index (χ1n) is 8.01. The number of hydrogen-bond acceptors (Lipinski definition) is 5. The van der Waals surface area contributed by atoms with Gasteiger partial charge in [0, 0.05) is 18.2 Å². The molecule has 3 rings (SSSR count). The van der Waals surface area contributed by atoms with Gasteiger partial charge in [-0.2, -0.15) is 18.3 Å². The van der Waals surface area contributed by atoms with Gasteiger partial charge in [0.15, 0.2) is 0 Å². The Kier molecular flexibility index (Phi) is 4.36. The summed E-state index contributed by atoms with van der Waals surface area (Å²) in [7, 11) is -4.02. The largest absolute Gasteiger partial charge is 0.411 e. The van der Waals surface area contributed by atoms with Crippen molar-refractivity contribution in [1.29, 1.82) is 0 Å². The van der Waals surface area contributed by atoms with E-state index in [9.17, 15) is 31.2 Å². The number of alkyl halides is 3. The summed E-state index contributed by atoms with van der Waals surface area (Å²) in [5.74, 6) is -2.60. The van der Waals surface area contributed by atoms with Gasteiger partial charge >= 0.3 is 6.18 Å². The van der Waals surface area contributed by atoms with E-state index in [2.05, 4.69) is 5.10 Å². The van der Waals surface area contributed by atoms with E-state index in [1.54, 1.807) is 20.9 Å². The van der Waals surface area contributed by atoms with Crippen molar-refractivity contribution in [3.05, 3.63) is 23.5 Å². The molecule has 0 bridgehead atoms. The van der Waals surface area contributed by atoms with E-state index in [0.29, 0.717) is 6.26 Å². The fourth-order valence-corrected chi connectivity index (χ4v) is 3.27. The smallest absolute Gasteiger partial charge is 0.338 e. The van der Waals surface area contributed by atoms with Crippen LogP contribution in [0.4, 0.5) is 13.2 Å². The Morgan fingerprint density at radius 2 is 2.04 bits per heavy atom. The first-order valence-corrected chi connectivity index (χ1v) is 9.90. The summed E-state index contributed by atoms with van der Waals surface area (Å²) in [5, 5.41) is 5.97. The third-order valence-electron chi connectivity index (χ3n) is 4.42. The Balaban J connectivity index is 2.11. The Labute approximate surface area is 152 Å². The van der Waals surface area contributed by atoms with Crippen LogP contribution in [0, 0.1) is 0 Å². The standard InChI is InChI=1S/C15H17F3N4O4S/c1-14(15(16,17)18)7-9(10-5-6-22(20-10)8-3-4-8)11(12(23)19-14)13(24)21-27(2,25)26/h5-6,8H,3-4,7H2,1-2H3,(H,19,23)(H,21,24)/t14-/m1/s1. The lowest BCUT2D eigenvalue weighted by molar-refractivity contribution is -0.192. The van der Waals surface area contributed by atoms with Crippen molar-refractivity contribution < 1.29 is 31.2 Å². The molecule has 1 saturated carbocycles. The molecular weight excluding hydrogens is 389 g/mol. The van der Waals surface area contributed by atoms with Crippen LogP contribution in [-0.4, -0.2) is 48.0 Å². The van der Waals surface area contributed by atoms with Gasteiger partial charge in [-0.25, -0.2) is 13.1 Å². The molecule has 0 unspecified atom stereocenters. The monoisotopic (exact) mass is 406 g/mol. The third-order valence-corrected chi connectivity index (χ3v) is 4.97. The molecule has 12 heteroatoms. The van der Waals surface area contributed by atoms with Crippen LogP contribution in [0.3, 0.4) is 0 Å². The van der Waals surface area contributed by atoms with Crippen molar-refractivity contribution in [2.24, 2.45) is 0 Å². The number of carbonyl (C=O) groups is 2. The van der Waals surface area contributed by atoms with E-state index in [-0.39, 0.29) is 17.3 Å². The molecule has 1 aromatic rings. The summed E-state index contributed by atoms with van der Waals surface area (Å²) < 4.78 is 66.3. The lowest BCUT2D eigenvalue weighted by Gasteiger charge is -2.37. The fraction of sp³-hybridized carbons (Fsp3) is 0.533. The fourth-order valence-electron chi connectivity index (χ4n) is 2.83. The van der Waals surface area contributed by atoms with Gasteiger partial charge in [-0.3, -0.25) is 14.3 Å². The zero-order chi connectivity index (χ0) is 20.2. The third kappa shape index (κ3) is 3.84. The van der Waals surface area contributed by atoms with Crippen LogP contribution in [-0.2, 0) is 19.6 Å². The normalized spacial score (nSPS) is 24.0. The molecule has 148 valence electrons. The molecular formula is C15H17F3N4O4S. The van der Waals surface area contributed by atoms with Crippen LogP contribution in [0.5, 0.6) is 0 Å². The summed E-state index contributed by atoms with van der Waals surface area (Å²) in [5.41, 5.74) is -3.52. The highest BCUT2D eigenvalue weighted by atomic mass is 32.2. The topological polar surface area (TPSA) is 110 Å². The zero-order valence-corrected chi connectivity index (χ0v) is 15.2. The second-order valence-corrected chi connectivity index (χ2v) is 8.68. The average Bonchev–Trinajstić information content (AvgIpc) is 3.21. The van der Waals surface area contributed by atoms with Gasteiger partial charge < -0.3 is 5.32 Å². The lowest BCUT2D eigenvalue weighted by atomic mass is 9.83. The van der Waals surface area contributed by atoms with Crippen molar-refractivity contribution >= 4 is 27.4 Å². The van der Waals surface area contributed by atoms with Crippen molar-refractivity contribution in [3.63, 3.8) is 0 Å². The van der Waals surface area contributed by atoms with E-state index in [1.807, 2.05) is 0 Å². The van der Waals surface area contributed by atoms with Gasteiger partial charge in [0.05, 0.1) is 18.0 Å². The number of rotatable bonds is 4. The second kappa shape index (κ2) is 6.08. The number of carbonyl (C=O) groups excluding carboxylic acids is 2. The number of halogens is 3. The van der Waals surface area contributed by atoms with Crippen molar-refractivity contribution in [2.75, 3.05) is 6.26 Å². The lowest BCUT2D eigenvalue weighted by Crippen LogP contribution is -2.60. The second-order valence-electron chi connectivity index (χ2n) is 6.93. The SMILES string of the molecule is C[C@]1(C(F)(F)F)CC(c2ccn(C3CC3)n2)=C(C(=O)NS(C)(=O)=O)C(=O)N1. The number of nitrogens with one attached hydrogen (secondary N) is 2. The molecule has 2 amide bonds. The molecule has 27 heavy (non-hydrogen) atoms. The van der Waals surface area contributed by atoms with E-state index in [0.717, 1.165) is 19.8 Å². The first-order chi connectivity index (χ1) is 12.3. The Bertz CT molecular complexity index is 947. The molecule has 2 aliphatic rings. The molecule has 0 aromatic carbocycles. The molecule has 1 fully saturated rings. The van der Waals surface area contributed by atoms with Crippen LogP contribution in [0.1, 0.15) is 37.9 Å². The van der Waals surface area contributed by atoms with Crippen LogP contribution < -0.4 is 10.0 Å². The molecule has 8 nitrogen and oxygen atoms in total. The molecule has 2 N–H and O–H groups in total. The molecule has 1 atom stereocenters. The Morgan fingerprint density at radius 1 is 1.41 bits per heavy atom. The first kappa shape index (κ1) is 19.4. The maximum atomic E-state index is 13.5. The zero-order valence-electron chi connectivity index (χ0n) is 14.4. The Morgan fingerprint density at radius 3 is 2.56 bits per heavy atom. The number of nitrogens with zero attached hydrogens (tertiary/aromatic N) is 2. The van der Waals surface area contributed by atoms with E-state index >= 15 is 0 Å². The predicted molar refractivity (Wildman–Crippen MR) is 87.6 cm³/mol. The van der Waals surface area contributed by atoms with Gasteiger partial charge in [0.1, 0.15) is 11.1 Å². The highest BCUT2D eigenvalue weighted by Gasteiger charge is 2.56. The van der Waals surface area contributed by atoms with Crippen molar-refractivity contribution in [3.8, 4) is 0 Å². The maximum Gasteiger partial charge on any atom is 0.411 e. The predicted octanol–water partition coefficient (Wildman–Crippen LogP) is 0.888. The highest BCUT2D eigenvalue weighted by Crippen LogP contribution is 2.42. The average molecular weight is 406 g/mol. The molecule has 2 heterocycles. The van der Waals surface area contributed by atoms with E-state index < -0.39 is 45.5 Å². The molecule has 1 aliphatic carbocycles. The van der Waals surface area contributed by atoms with Gasteiger partial charge in [-0.1, -0.05) is 0 Å². The maximum absolute atomic E-state index is 13.5. The molecule has 0 radical (unpaired) electrons.